The summed E-state index contributed by atoms with van der Waals surface area (Å²) in [5, 5.41) is 3.52. The molecule has 2 atom stereocenters. The van der Waals surface area contributed by atoms with E-state index in [4.69, 9.17) is 0 Å². The Hall–Kier alpha value is 0.310. The van der Waals surface area contributed by atoms with Gasteiger partial charge in [0.25, 0.3) is 0 Å². The van der Waals surface area contributed by atoms with Gasteiger partial charge in [0.2, 0.25) is 0 Å². The largest absolute Gasteiger partial charge is 0.313 e. The zero-order valence-corrected chi connectivity index (χ0v) is 7.71. The molecular weight excluding hydrogens is 142 g/mol. The van der Waals surface area contributed by atoms with Crippen molar-refractivity contribution in [1.82, 2.24) is 5.32 Å². The molecule has 1 aliphatic heterocycles. The minimum absolute atomic E-state index is 0.806. The average molecular weight is 159 g/mol. The van der Waals surface area contributed by atoms with Gasteiger partial charge in [-0.2, -0.15) is 11.8 Å². The van der Waals surface area contributed by atoms with E-state index in [0.29, 0.717) is 0 Å². The molecule has 1 nitrogen and oxygen atoms in total. The van der Waals surface area contributed by atoms with Crippen molar-refractivity contribution >= 4 is 11.8 Å². The molecule has 0 aromatic rings. The summed E-state index contributed by atoms with van der Waals surface area (Å²) >= 11 is 2.09. The van der Waals surface area contributed by atoms with Crippen LogP contribution in [0.15, 0.2) is 0 Å². The molecule has 10 heavy (non-hydrogen) atoms. The zero-order valence-electron chi connectivity index (χ0n) is 6.89. The molecule has 1 N–H and O–H groups in total. The fraction of sp³-hybridized carbons (Fsp3) is 1.00. The van der Waals surface area contributed by atoms with Gasteiger partial charge in [-0.1, -0.05) is 20.3 Å². The molecule has 1 fully saturated rings. The smallest absolute Gasteiger partial charge is 0.0194 e. The maximum absolute atomic E-state index is 3.52. The van der Waals surface area contributed by atoms with Crippen LogP contribution in [-0.2, 0) is 0 Å². The van der Waals surface area contributed by atoms with E-state index in [1.54, 1.807) is 0 Å². The third-order valence-corrected chi connectivity index (χ3v) is 3.45. The normalized spacial score (nSPS) is 33.0. The molecule has 1 heterocycles. The van der Waals surface area contributed by atoms with E-state index in [1.165, 1.54) is 17.9 Å². The Morgan fingerprint density at radius 2 is 2.20 bits per heavy atom. The van der Waals surface area contributed by atoms with E-state index in [2.05, 4.69) is 30.9 Å². The number of thioether (sulfide) groups is 1. The van der Waals surface area contributed by atoms with Crippen molar-refractivity contribution in [2.45, 2.75) is 26.3 Å². The summed E-state index contributed by atoms with van der Waals surface area (Å²) in [4.78, 5) is 0. The van der Waals surface area contributed by atoms with Gasteiger partial charge in [-0.15, -0.1) is 0 Å². The first kappa shape index (κ1) is 8.41. The van der Waals surface area contributed by atoms with Crippen LogP contribution in [0.2, 0.25) is 0 Å². The van der Waals surface area contributed by atoms with Gasteiger partial charge in [-0.05, 0) is 18.2 Å². The number of hydrogen-bond acceptors (Lipinski definition) is 2. The Morgan fingerprint density at radius 1 is 1.40 bits per heavy atom. The minimum Gasteiger partial charge on any atom is -0.313 e. The first-order valence-electron chi connectivity index (χ1n) is 4.19. The standard InChI is InChI=1S/C8H17NS/c1-3-7-5-10-6-8(7)9-4-2/h7-9H,3-6H2,1-2H3. The molecule has 0 amide bonds. The highest BCUT2D eigenvalue weighted by Crippen LogP contribution is 2.26. The van der Waals surface area contributed by atoms with E-state index >= 15 is 0 Å². The van der Waals surface area contributed by atoms with E-state index in [-0.39, 0.29) is 0 Å². The maximum atomic E-state index is 3.52. The lowest BCUT2D eigenvalue weighted by molar-refractivity contribution is 0.425. The molecule has 60 valence electrons. The molecule has 0 radical (unpaired) electrons. The Morgan fingerprint density at radius 3 is 2.80 bits per heavy atom. The molecular formula is C8H17NS. The fourth-order valence-corrected chi connectivity index (χ4v) is 3.04. The van der Waals surface area contributed by atoms with Gasteiger partial charge in [0.05, 0.1) is 0 Å². The molecule has 2 heteroatoms. The van der Waals surface area contributed by atoms with E-state index in [0.717, 1.165) is 18.5 Å². The van der Waals surface area contributed by atoms with Gasteiger partial charge in [0, 0.05) is 11.8 Å². The van der Waals surface area contributed by atoms with Crippen molar-refractivity contribution in [1.29, 1.82) is 0 Å². The second kappa shape index (κ2) is 4.24. The van der Waals surface area contributed by atoms with E-state index in [9.17, 15) is 0 Å². The first-order valence-corrected chi connectivity index (χ1v) is 5.35. The molecule has 0 aromatic carbocycles. The van der Waals surface area contributed by atoms with Crippen molar-refractivity contribution in [3.63, 3.8) is 0 Å². The topological polar surface area (TPSA) is 12.0 Å². The summed E-state index contributed by atoms with van der Waals surface area (Å²) in [5.74, 6) is 3.63. The van der Waals surface area contributed by atoms with Crippen LogP contribution in [0.25, 0.3) is 0 Å². The summed E-state index contributed by atoms with van der Waals surface area (Å²) in [6, 6.07) is 0.806. The summed E-state index contributed by atoms with van der Waals surface area (Å²) in [5.41, 5.74) is 0. The van der Waals surface area contributed by atoms with Crippen LogP contribution in [0.4, 0.5) is 0 Å². The third kappa shape index (κ3) is 1.89. The van der Waals surface area contributed by atoms with Crippen LogP contribution < -0.4 is 5.32 Å². The Balaban J connectivity index is 2.27. The molecule has 1 aliphatic rings. The lowest BCUT2D eigenvalue weighted by Gasteiger charge is -2.16. The molecule has 0 bridgehead atoms. The molecule has 0 aromatic heterocycles. The van der Waals surface area contributed by atoms with Gasteiger partial charge in [-0.25, -0.2) is 0 Å². The highest BCUT2D eigenvalue weighted by molar-refractivity contribution is 7.99. The predicted molar refractivity (Wildman–Crippen MR) is 48.6 cm³/mol. The lowest BCUT2D eigenvalue weighted by Crippen LogP contribution is -2.34. The number of nitrogens with one attached hydrogen (secondary N) is 1. The quantitative estimate of drug-likeness (QED) is 0.673. The summed E-state index contributed by atoms with van der Waals surface area (Å²) in [6.45, 7) is 5.61. The second-order valence-electron chi connectivity index (χ2n) is 2.87. The van der Waals surface area contributed by atoms with Crippen LogP contribution in [0.5, 0.6) is 0 Å². The number of hydrogen-bond donors (Lipinski definition) is 1. The van der Waals surface area contributed by atoms with Crippen molar-refractivity contribution in [2.75, 3.05) is 18.1 Å². The summed E-state index contributed by atoms with van der Waals surface area (Å²) in [7, 11) is 0. The molecule has 0 spiro atoms. The molecule has 1 rings (SSSR count). The Labute approximate surface area is 68.0 Å². The lowest BCUT2D eigenvalue weighted by atomic mass is 10.0. The van der Waals surface area contributed by atoms with Crippen LogP contribution in [0.1, 0.15) is 20.3 Å². The van der Waals surface area contributed by atoms with Crippen molar-refractivity contribution < 1.29 is 0 Å². The van der Waals surface area contributed by atoms with Crippen molar-refractivity contribution in [2.24, 2.45) is 5.92 Å². The highest BCUT2D eigenvalue weighted by atomic mass is 32.2. The minimum atomic E-state index is 0.806. The van der Waals surface area contributed by atoms with Gasteiger partial charge >= 0.3 is 0 Å². The zero-order chi connectivity index (χ0) is 7.40. The second-order valence-corrected chi connectivity index (χ2v) is 3.94. The SMILES string of the molecule is CCNC1CSCC1CC. The van der Waals surface area contributed by atoms with Gasteiger partial charge in [0.15, 0.2) is 0 Å². The van der Waals surface area contributed by atoms with Crippen LogP contribution in [0, 0.1) is 5.92 Å². The molecule has 0 saturated carbocycles. The monoisotopic (exact) mass is 159 g/mol. The maximum Gasteiger partial charge on any atom is 0.0194 e. The van der Waals surface area contributed by atoms with Gasteiger partial charge in [0.1, 0.15) is 0 Å². The van der Waals surface area contributed by atoms with E-state index < -0.39 is 0 Å². The van der Waals surface area contributed by atoms with Crippen LogP contribution >= 0.6 is 11.8 Å². The van der Waals surface area contributed by atoms with Gasteiger partial charge in [-0.3, -0.25) is 0 Å². The third-order valence-electron chi connectivity index (χ3n) is 2.19. The summed E-state index contributed by atoms with van der Waals surface area (Å²) in [6.07, 6.45) is 1.34. The van der Waals surface area contributed by atoms with Crippen LogP contribution in [-0.4, -0.2) is 24.1 Å². The Kier molecular flexibility index (Phi) is 3.57. The molecule has 2 unspecified atom stereocenters. The van der Waals surface area contributed by atoms with Crippen molar-refractivity contribution in [3.8, 4) is 0 Å². The van der Waals surface area contributed by atoms with Crippen molar-refractivity contribution in [3.05, 3.63) is 0 Å². The fourth-order valence-electron chi connectivity index (χ4n) is 1.49. The summed E-state index contributed by atoms with van der Waals surface area (Å²) < 4.78 is 0. The Bertz CT molecular complexity index is 95.3. The average Bonchev–Trinajstić information content (AvgIpc) is 2.36. The molecule has 1 saturated heterocycles. The first-order chi connectivity index (χ1) is 4.88. The van der Waals surface area contributed by atoms with Gasteiger partial charge < -0.3 is 5.32 Å². The van der Waals surface area contributed by atoms with Crippen LogP contribution in [0.3, 0.4) is 0 Å². The van der Waals surface area contributed by atoms with E-state index in [1.807, 2.05) is 0 Å². The predicted octanol–water partition coefficient (Wildman–Crippen LogP) is 1.74. The molecule has 0 aliphatic carbocycles. The number of rotatable bonds is 3. The highest BCUT2D eigenvalue weighted by Gasteiger charge is 2.24.